The molecule has 7 rings (SSSR count). The molecule has 1 aliphatic carbocycles. The smallest absolute Gasteiger partial charge is 0.327 e. The molecular weight excluding hydrogens is 609 g/mol. The summed E-state index contributed by atoms with van der Waals surface area (Å²) in [7, 11) is 1.90. The van der Waals surface area contributed by atoms with E-state index < -0.39 is 17.4 Å². The lowest BCUT2D eigenvalue weighted by atomic mass is 9.92. The Kier molecular flexibility index (Phi) is 7.00. The number of aromatic nitrogens is 4. The molecule has 0 radical (unpaired) electrons. The van der Waals surface area contributed by atoms with Crippen molar-refractivity contribution in [2.45, 2.75) is 44.3 Å². The minimum Gasteiger partial charge on any atom is -0.327 e. The number of amides is 2. The number of nitrogens with one attached hydrogen (secondary N) is 2. The fourth-order valence-corrected chi connectivity index (χ4v) is 7.04. The third kappa shape index (κ3) is 5.07. The molecule has 0 spiro atoms. The van der Waals surface area contributed by atoms with Crippen molar-refractivity contribution >= 4 is 34.7 Å². The highest BCUT2D eigenvalue weighted by atomic mass is 35.5. The highest BCUT2D eigenvalue weighted by molar-refractivity contribution is 6.30. The molecule has 1 saturated carbocycles. The number of carbonyl (C=O) groups excluding carboxylic acids is 2. The van der Waals surface area contributed by atoms with Crippen LogP contribution in [-0.2, 0) is 21.3 Å². The molecule has 1 fully saturated rings. The summed E-state index contributed by atoms with van der Waals surface area (Å²) >= 11 is 6.32. The van der Waals surface area contributed by atoms with E-state index in [-0.39, 0.29) is 23.7 Å². The van der Waals surface area contributed by atoms with Crippen LogP contribution in [0.5, 0.6) is 0 Å². The fourth-order valence-electron chi connectivity index (χ4n) is 6.87. The Bertz CT molecular complexity index is 1790. The second-order valence-corrected chi connectivity index (χ2v) is 12.5. The van der Waals surface area contributed by atoms with Gasteiger partial charge in [0.05, 0.1) is 41.1 Å². The Morgan fingerprint density at radius 1 is 1.13 bits per heavy atom. The number of alkyl halides is 3. The van der Waals surface area contributed by atoms with Gasteiger partial charge in [-0.2, -0.15) is 13.2 Å². The van der Waals surface area contributed by atoms with Crippen LogP contribution >= 0.6 is 11.6 Å². The quantitative estimate of drug-likeness (QED) is 0.434. The number of hydrazine groups is 1. The van der Waals surface area contributed by atoms with E-state index in [1.807, 2.05) is 36.0 Å². The predicted molar refractivity (Wildman–Crippen MR) is 159 cm³/mol. The lowest BCUT2D eigenvalue weighted by molar-refractivity contribution is -0.141. The first-order valence-corrected chi connectivity index (χ1v) is 15.1. The van der Waals surface area contributed by atoms with Crippen LogP contribution in [0.3, 0.4) is 0 Å². The van der Waals surface area contributed by atoms with Crippen LogP contribution in [0.2, 0.25) is 5.02 Å². The average molecular weight is 639 g/mol. The SMILES string of the molecule is C[C@@H]1CC[C@@H]2CC2(N2CCC(c3cc(Cl)ccc3-n3cc(C(F)(F)F)nn3)=CC2=O)c2cc(ccn2)C2=C(CNN2C)NC1=O. The number of rotatable bonds is 3. The lowest BCUT2D eigenvalue weighted by Crippen LogP contribution is -2.44. The summed E-state index contributed by atoms with van der Waals surface area (Å²) in [6.07, 6.45) is 2.03. The molecule has 2 aromatic heterocycles. The van der Waals surface area contributed by atoms with E-state index in [1.54, 1.807) is 24.4 Å². The number of benzene rings is 1. The molecule has 0 saturated heterocycles. The topological polar surface area (TPSA) is 108 Å². The van der Waals surface area contributed by atoms with Gasteiger partial charge in [-0.05, 0) is 67.5 Å². The molecule has 3 aliphatic heterocycles. The van der Waals surface area contributed by atoms with Gasteiger partial charge in [-0.1, -0.05) is 23.7 Å². The minimum absolute atomic E-state index is 0.0330. The van der Waals surface area contributed by atoms with E-state index in [9.17, 15) is 22.8 Å². The maximum absolute atomic E-state index is 14.0. The molecule has 3 atom stereocenters. The van der Waals surface area contributed by atoms with Crippen LogP contribution in [0.25, 0.3) is 17.0 Å². The fraction of sp³-hybridized carbons (Fsp3) is 0.387. The van der Waals surface area contributed by atoms with E-state index in [0.29, 0.717) is 54.2 Å². The van der Waals surface area contributed by atoms with Crippen molar-refractivity contribution in [2.75, 3.05) is 20.1 Å². The van der Waals surface area contributed by atoms with Crippen LogP contribution in [0.15, 0.2) is 54.5 Å². The van der Waals surface area contributed by atoms with Crippen molar-refractivity contribution in [3.63, 3.8) is 0 Å². The Morgan fingerprint density at radius 3 is 2.71 bits per heavy atom. The third-order valence-corrected chi connectivity index (χ3v) is 9.55. The zero-order valence-electron chi connectivity index (χ0n) is 24.5. The molecule has 1 unspecified atom stereocenters. The highest BCUT2D eigenvalue weighted by Crippen LogP contribution is 2.59. The van der Waals surface area contributed by atoms with Crippen molar-refractivity contribution < 1.29 is 22.8 Å². The maximum Gasteiger partial charge on any atom is 0.436 e. The van der Waals surface area contributed by atoms with Gasteiger partial charge < -0.3 is 15.2 Å². The summed E-state index contributed by atoms with van der Waals surface area (Å²) in [6, 6.07) is 8.67. The third-order valence-electron chi connectivity index (χ3n) is 9.32. The summed E-state index contributed by atoms with van der Waals surface area (Å²) < 4.78 is 40.8. The summed E-state index contributed by atoms with van der Waals surface area (Å²) in [4.78, 5) is 33.8. The van der Waals surface area contributed by atoms with Gasteiger partial charge in [0, 0.05) is 47.9 Å². The number of pyridine rings is 1. The second-order valence-electron chi connectivity index (χ2n) is 12.1. The largest absolute Gasteiger partial charge is 0.436 e. The van der Waals surface area contributed by atoms with Crippen molar-refractivity contribution in [2.24, 2.45) is 11.8 Å². The summed E-state index contributed by atoms with van der Waals surface area (Å²) in [6.45, 7) is 2.78. The van der Waals surface area contributed by atoms with Gasteiger partial charge in [0.1, 0.15) is 0 Å². The molecule has 3 aromatic rings. The van der Waals surface area contributed by atoms with Crippen LogP contribution < -0.4 is 10.7 Å². The number of hydrogen-bond acceptors (Lipinski definition) is 7. The standard InChI is InChI=1S/C31H30ClF3N8O2/c1-17-3-4-20-14-30(20,25-11-19(7-9-36-25)28-23(38-29(17)45)15-37-41(28)2)42-10-8-18(12-27(42)44)22-13-21(32)5-6-24(22)43-16-26(39-40-43)31(33,34)35/h5-7,9,11-13,16-17,20,37H,3-4,8,10,14-15H2,1-2H3,(H,38,45)/t17-,20-,30?/m1/s1. The average Bonchev–Trinajstić information content (AvgIpc) is 3.29. The minimum atomic E-state index is -4.64. The Morgan fingerprint density at radius 2 is 1.96 bits per heavy atom. The molecule has 1 aromatic carbocycles. The maximum atomic E-state index is 14.0. The second kappa shape index (κ2) is 10.7. The number of halogens is 4. The van der Waals surface area contributed by atoms with E-state index in [4.69, 9.17) is 16.6 Å². The van der Waals surface area contributed by atoms with Gasteiger partial charge in [-0.3, -0.25) is 14.6 Å². The molecule has 45 heavy (non-hydrogen) atoms. The zero-order valence-corrected chi connectivity index (χ0v) is 25.3. The first-order valence-electron chi connectivity index (χ1n) is 14.8. The molecule has 4 aliphatic rings. The van der Waals surface area contributed by atoms with Crippen LogP contribution in [0, 0.1) is 11.8 Å². The molecule has 2 bridgehead atoms. The molecule has 14 heteroatoms. The van der Waals surface area contributed by atoms with Crippen molar-refractivity contribution in [3.05, 3.63) is 82.0 Å². The van der Waals surface area contributed by atoms with Crippen molar-refractivity contribution in [3.8, 4) is 5.69 Å². The first-order chi connectivity index (χ1) is 21.5. The van der Waals surface area contributed by atoms with Gasteiger partial charge in [0.15, 0.2) is 5.69 Å². The Hall–Kier alpha value is -4.23. The van der Waals surface area contributed by atoms with Crippen LogP contribution in [0.1, 0.15) is 55.1 Å². The van der Waals surface area contributed by atoms with Gasteiger partial charge >= 0.3 is 6.18 Å². The summed E-state index contributed by atoms with van der Waals surface area (Å²) in [5, 5.41) is 12.4. The Labute approximate surface area is 261 Å². The number of hydrogen-bond donors (Lipinski definition) is 2. The highest BCUT2D eigenvalue weighted by Gasteiger charge is 2.61. The van der Waals surface area contributed by atoms with Crippen LogP contribution in [-0.4, -0.2) is 61.8 Å². The molecule has 10 nitrogen and oxygen atoms in total. The van der Waals surface area contributed by atoms with Crippen LogP contribution in [0.4, 0.5) is 13.2 Å². The van der Waals surface area contributed by atoms with E-state index in [2.05, 4.69) is 21.1 Å². The number of fused-ring (bicyclic) bond motifs is 5. The van der Waals surface area contributed by atoms with E-state index in [0.717, 1.165) is 40.0 Å². The van der Waals surface area contributed by atoms with Crippen molar-refractivity contribution in [1.29, 1.82) is 0 Å². The zero-order chi connectivity index (χ0) is 31.7. The molecule has 234 valence electrons. The number of carbonyl (C=O) groups is 2. The van der Waals surface area contributed by atoms with Gasteiger partial charge in [-0.15, -0.1) is 5.10 Å². The predicted octanol–water partition coefficient (Wildman–Crippen LogP) is 4.53. The van der Waals surface area contributed by atoms with Gasteiger partial charge in [0.25, 0.3) is 0 Å². The van der Waals surface area contributed by atoms with E-state index in [1.165, 1.54) is 6.08 Å². The van der Waals surface area contributed by atoms with Crippen molar-refractivity contribution in [1.82, 2.24) is 40.6 Å². The molecule has 2 N–H and O–H groups in total. The monoisotopic (exact) mass is 638 g/mol. The Balaban J connectivity index is 1.26. The number of nitrogens with zero attached hydrogens (tertiary/aromatic N) is 6. The molecular formula is C31H30ClF3N8O2. The lowest BCUT2D eigenvalue weighted by Gasteiger charge is -2.36. The summed E-state index contributed by atoms with van der Waals surface area (Å²) in [5.74, 6) is -0.356. The summed E-state index contributed by atoms with van der Waals surface area (Å²) in [5.41, 5.74) is 6.32. The molecule has 5 heterocycles. The van der Waals surface area contributed by atoms with Gasteiger partial charge in [0.2, 0.25) is 11.8 Å². The normalized spacial score (nSPS) is 25.2. The van der Waals surface area contributed by atoms with E-state index >= 15 is 0 Å². The first kappa shape index (κ1) is 29.5. The van der Waals surface area contributed by atoms with Gasteiger partial charge in [-0.25, -0.2) is 10.1 Å². The molecule has 2 amide bonds.